The van der Waals surface area contributed by atoms with Crippen molar-refractivity contribution in [3.63, 3.8) is 0 Å². The molecule has 2 N–H and O–H groups in total. The molecule has 2 heterocycles. The topological polar surface area (TPSA) is 86.5 Å². The van der Waals surface area contributed by atoms with Crippen molar-refractivity contribution in [1.29, 1.82) is 5.26 Å². The summed E-state index contributed by atoms with van der Waals surface area (Å²) in [5.74, 6) is 1.76. The monoisotopic (exact) mass is 240 g/mol. The van der Waals surface area contributed by atoms with Gasteiger partial charge in [-0.05, 0) is 18.6 Å². The Morgan fingerprint density at radius 2 is 2.17 bits per heavy atom. The quantitative estimate of drug-likeness (QED) is 0.624. The summed E-state index contributed by atoms with van der Waals surface area (Å²) in [6.07, 6.45) is 5.35. The Labute approximate surface area is 105 Å². The van der Waals surface area contributed by atoms with Gasteiger partial charge in [0.15, 0.2) is 6.19 Å². The number of anilines is 2. The van der Waals surface area contributed by atoms with Crippen LogP contribution in [0.1, 0.15) is 11.4 Å². The van der Waals surface area contributed by atoms with E-state index in [1.165, 1.54) is 0 Å². The predicted octanol–water partition coefficient (Wildman–Crippen LogP) is 1.69. The summed E-state index contributed by atoms with van der Waals surface area (Å²) < 4.78 is 0. The lowest BCUT2D eigenvalue weighted by Crippen LogP contribution is -2.05. The first-order valence-electron chi connectivity index (χ1n) is 5.41. The maximum Gasteiger partial charge on any atom is 0.182 e. The fourth-order valence-corrected chi connectivity index (χ4v) is 1.47. The van der Waals surface area contributed by atoms with Crippen molar-refractivity contribution >= 4 is 11.6 Å². The molecule has 0 fully saturated rings. The second-order valence-electron chi connectivity index (χ2n) is 3.64. The summed E-state index contributed by atoms with van der Waals surface area (Å²) in [4.78, 5) is 12.4. The summed E-state index contributed by atoms with van der Waals surface area (Å²) in [5, 5.41) is 14.2. The van der Waals surface area contributed by atoms with E-state index >= 15 is 0 Å². The highest BCUT2D eigenvalue weighted by Crippen LogP contribution is 2.11. The molecule has 18 heavy (non-hydrogen) atoms. The molecule has 2 aromatic rings. The smallest absolute Gasteiger partial charge is 0.182 e. The van der Waals surface area contributed by atoms with Crippen LogP contribution in [-0.4, -0.2) is 15.0 Å². The minimum absolute atomic E-state index is 0.485. The van der Waals surface area contributed by atoms with Crippen LogP contribution in [0.15, 0.2) is 30.6 Å². The molecule has 0 bridgehead atoms. The van der Waals surface area contributed by atoms with E-state index < -0.39 is 0 Å². The van der Waals surface area contributed by atoms with E-state index in [2.05, 4.69) is 25.6 Å². The number of hydrogen-bond donors (Lipinski definition) is 2. The second-order valence-corrected chi connectivity index (χ2v) is 3.64. The number of pyridine rings is 1. The van der Waals surface area contributed by atoms with Gasteiger partial charge in [-0.25, -0.2) is 9.97 Å². The standard InChI is InChI=1S/C12H12N6/c1-9-17-11(5-12(18-9)16-8-13)15-7-10-3-2-4-14-6-10/h2-6H,7H2,1H3,(H2,15,16,17,18). The van der Waals surface area contributed by atoms with E-state index in [1.54, 1.807) is 25.4 Å². The molecule has 0 unspecified atom stereocenters. The lowest BCUT2D eigenvalue weighted by Gasteiger charge is -2.07. The Morgan fingerprint density at radius 1 is 1.33 bits per heavy atom. The lowest BCUT2D eigenvalue weighted by molar-refractivity contribution is 1.02. The number of rotatable bonds is 4. The highest BCUT2D eigenvalue weighted by Gasteiger charge is 2.01. The molecule has 0 aliphatic carbocycles. The van der Waals surface area contributed by atoms with Crippen LogP contribution in [0.2, 0.25) is 0 Å². The van der Waals surface area contributed by atoms with Gasteiger partial charge < -0.3 is 5.32 Å². The first-order valence-corrected chi connectivity index (χ1v) is 5.41. The lowest BCUT2D eigenvalue weighted by atomic mass is 10.3. The zero-order chi connectivity index (χ0) is 12.8. The molecule has 0 atom stereocenters. The number of nitrogens with one attached hydrogen (secondary N) is 2. The van der Waals surface area contributed by atoms with Gasteiger partial charge in [-0.1, -0.05) is 6.07 Å². The zero-order valence-corrected chi connectivity index (χ0v) is 9.88. The van der Waals surface area contributed by atoms with Crippen molar-refractivity contribution in [1.82, 2.24) is 15.0 Å². The van der Waals surface area contributed by atoms with Crippen LogP contribution < -0.4 is 10.6 Å². The highest BCUT2D eigenvalue weighted by atomic mass is 15.1. The molecule has 0 radical (unpaired) electrons. The van der Waals surface area contributed by atoms with Gasteiger partial charge in [0.05, 0.1) is 0 Å². The second kappa shape index (κ2) is 5.59. The van der Waals surface area contributed by atoms with Crippen molar-refractivity contribution < 1.29 is 0 Å². The molecular weight excluding hydrogens is 228 g/mol. The molecular formula is C12H12N6. The molecule has 0 aliphatic heterocycles. The average Bonchev–Trinajstić information content (AvgIpc) is 2.37. The van der Waals surface area contributed by atoms with Crippen LogP contribution in [0.5, 0.6) is 0 Å². The molecule has 6 nitrogen and oxygen atoms in total. The Balaban J connectivity index is 2.07. The maximum absolute atomic E-state index is 8.56. The maximum atomic E-state index is 8.56. The number of nitriles is 1. The minimum atomic E-state index is 0.485. The molecule has 90 valence electrons. The molecule has 0 aliphatic rings. The van der Waals surface area contributed by atoms with Gasteiger partial charge in [0, 0.05) is 25.0 Å². The summed E-state index contributed by atoms with van der Waals surface area (Å²) in [5.41, 5.74) is 1.06. The first kappa shape index (κ1) is 11.8. The van der Waals surface area contributed by atoms with Gasteiger partial charge in [0.1, 0.15) is 17.5 Å². The van der Waals surface area contributed by atoms with Crippen LogP contribution >= 0.6 is 0 Å². The van der Waals surface area contributed by atoms with Gasteiger partial charge in [-0.2, -0.15) is 5.26 Å². The van der Waals surface area contributed by atoms with Crippen molar-refractivity contribution in [2.75, 3.05) is 10.6 Å². The Bertz CT molecular complexity index is 561. The number of aromatic nitrogens is 3. The molecule has 0 spiro atoms. The van der Waals surface area contributed by atoms with E-state index in [9.17, 15) is 0 Å². The van der Waals surface area contributed by atoms with Crippen molar-refractivity contribution in [3.05, 3.63) is 42.0 Å². The van der Waals surface area contributed by atoms with Crippen LogP contribution in [-0.2, 0) is 6.54 Å². The van der Waals surface area contributed by atoms with E-state index in [-0.39, 0.29) is 0 Å². The Kier molecular flexibility index (Phi) is 3.66. The summed E-state index contributed by atoms with van der Waals surface area (Å²) in [6.45, 7) is 2.40. The third-order valence-electron chi connectivity index (χ3n) is 2.22. The Morgan fingerprint density at radius 3 is 2.89 bits per heavy atom. The fourth-order valence-electron chi connectivity index (χ4n) is 1.47. The fraction of sp³-hybridized carbons (Fsp3) is 0.167. The van der Waals surface area contributed by atoms with Gasteiger partial charge in [-0.15, -0.1) is 0 Å². The molecule has 6 heteroatoms. The number of hydrogen-bond acceptors (Lipinski definition) is 6. The van der Waals surface area contributed by atoms with Gasteiger partial charge in [-0.3, -0.25) is 10.3 Å². The van der Waals surface area contributed by atoms with E-state index in [1.807, 2.05) is 18.3 Å². The molecule has 0 amide bonds. The highest BCUT2D eigenvalue weighted by molar-refractivity contribution is 5.49. The summed E-state index contributed by atoms with van der Waals surface area (Å²) in [7, 11) is 0. The summed E-state index contributed by atoms with van der Waals surface area (Å²) in [6, 6.07) is 5.54. The van der Waals surface area contributed by atoms with Crippen molar-refractivity contribution in [2.45, 2.75) is 13.5 Å². The van der Waals surface area contributed by atoms with E-state index in [4.69, 9.17) is 5.26 Å². The van der Waals surface area contributed by atoms with Crippen molar-refractivity contribution in [2.24, 2.45) is 0 Å². The number of aryl methyl sites for hydroxylation is 1. The molecule has 2 aromatic heterocycles. The van der Waals surface area contributed by atoms with Crippen LogP contribution in [0, 0.1) is 18.4 Å². The van der Waals surface area contributed by atoms with E-state index in [0.717, 1.165) is 5.56 Å². The average molecular weight is 240 g/mol. The molecule has 0 saturated heterocycles. The first-order chi connectivity index (χ1) is 8.78. The van der Waals surface area contributed by atoms with Gasteiger partial charge in [0.25, 0.3) is 0 Å². The molecule has 2 rings (SSSR count). The van der Waals surface area contributed by atoms with Crippen LogP contribution in [0.25, 0.3) is 0 Å². The molecule has 0 saturated carbocycles. The predicted molar refractivity (Wildman–Crippen MR) is 67.6 cm³/mol. The van der Waals surface area contributed by atoms with Crippen LogP contribution in [0.4, 0.5) is 11.6 Å². The zero-order valence-electron chi connectivity index (χ0n) is 9.88. The Hall–Kier alpha value is -2.68. The molecule has 0 aromatic carbocycles. The van der Waals surface area contributed by atoms with Crippen molar-refractivity contribution in [3.8, 4) is 6.19 Å². The third kappa shape index (κ3) is 3.15. The minimum Gasteiger partial charge on any atom is -0.366 e. The summed E-state index contributed by atoms with van der Waals surface area (Å²) >= 11 is 0. The van der Waals surface area contributed by atoms with Crippen LogP contribution in [0.3, 0.4) is 0 Å². The largest absolute Gasteiger partial charge is 0.366 e. The number of nitrogens with zero attached hydrogens (tertiary/aromatic N) is 4. The van der Waals surface area contributed by atoms with Gasteiger partial charge in [0.2, 0.25) is 0 Å². The van der Waals surface area contributed by atoms with E-state index in [0.29, 0.717) is 24.0 Å². The normalized spacial score (nSPS) is 9.56. The van der Waals surface area contributed by atoms with Gasteiger partial charge >= 0.3 is 0 Å². The SMILES string of the molecule is Cc1nc(NC#N)cc(NCc2cccnc2)n1. The third-order valence-corrected chi connectivity index (χ3v) is 2.22.